The molecule has 0 aromatic heterocycles. The second-order valence-corrected chi connectivity index (χ2v) is 7.37. The molecule has 2 aromatic carbocycles. The van der Waals surface area contributed by atoms with Gasteiger partial charge in [-0.3, -0.25) is 0 Å². The summed E-state index contributed by atoms with van der Waals surface area (Å²) in [5, 5.41) is 5.90. The molecule has 28 heavy (non-hydrogen) atoms. The van der Waals surface area contributed by atoms with Gasteiger partial charge in [-0.2, -0.15) is 0 Å². The van der Waals surface area contributed by atoms with Gasteiger partial charge in [-0.15, -0.1) is 0 Å². The molecule has 1 fully saturated rings. The summed E-state index contributed by atoms with van der Waals surface area (Å²) in [6.07, 6.45) is 6.19. The van der Waals surface area contributed by atoms with Crippen LogP contribution in [-0.4, -0.2) is 32.3 Å². The number of nitrogens with one attached hydrogen (secondary N) is 2. The number of hydrogen-bond acceptors (Lipinski definition) is 3. The van der Waals surface area contributed by atoms with Gasteiger partial charge in [0.15, 0.2) is 0 Å². The van der Waals surface area contributed by atoms with Crippen molar-refractivity contribution >= 4 is 17.4 Å². The minimum Gasteiger partial charge on any atom is -0.378 e. The van der Waals surface area contributed by atoms with Crippen molar-refractivity contribution in [1.82, 2.24) is 5.32 Å². The minimum atomic E-state index is -0.179. The molecular formula is C23H31N3O2. The molecule has 0 unspecified atom stereocenters. The summed E-state index contributed by atoms with van der Waals surface area (Å²) >= 11 is 0. The van der Waals surface area contributed by atoms with Crippen molar-refractivity contribution in [1.29, 1.82) is 0 Å². The third-order valence-electron chi connectivity index (χ3n) is 5.09. The molecule has 5 heteroatoms. The number of anilines is 2. The molecule has 0 spiro atoms. The molecule has 5 nitrogen and oxygen atoms in total. The molecule has 0 bridgehead atoms. The highest BCUT2D eigenvalue weighted by atomic mass is 16.5. The van der Waals surface area contributed by atoms with E-state index in [1.807, 2.05) is 49.5 Å². The summed E-state index contributed by atoms with van der Waals surface area (Å²) < 4.78 is 5.83. The van der Waals surface area contributed by atoms with Gasteiger partial charge in [-0.1, -0.05) is 55.3 Å². The van der Waals surface area contributed by atoms with Crippen LogP contribution in [0.5, 0.6) is 0 Å². The number of ether oxygens (including phenoxy) is 1. The summed E-state index contributed by atoms with van der Waals surface area (Å²) in [5.74, 6) is 0. The third-order valence-corrected chi connectivity index (χ3v) is 5.09. The second kappa shape index (κ2) is 10.7. The Bertz CT molecular complexity index is 730. The number of para-hydroxylation sites is 2. The number of nitrogens with zero attached hydrogens (tertiary/aromatic N) is 1. The highest BCUT2D eigenvalue weighted by Gasteiger charge is 2.15. The SMILES string of the molecule is CN(Cc1ccccc1)c1ccccc1NC(=O)NCCCOC1CCCC1. The van der Waals surface area contributed by atoms with E-state index in [2.05, 4.69) is 27.7 Å². The predicted octanol–water partition coefficient (Wildman–Crippen LogP) is 4.79. The van der Waals surface area contributed by atoms with Crippen LogP contribution in [0.25, 0.3) is 0 Å². The maximum atomic E-state index is 12.3. The normalized spacial score (nSPS) is 14.0. The molecule has 2 N–H and O–H groups in total. The summed E-state index contributed by atoms with van der Waals surface area (Å²) in [6, 6.07) is 18.0. The first-order valence-electron chi connectivity index (χ1n) is 10.2. The smallest absolute Gasteiger partial charge is 0.319 e. The maximum Gasteiger partial charge on any atom is 0.319 e. The van der Waals surface area contributed by atoms with E-state index in [0.29, 0.717) is 19.3 Å². The average molecular weight is 382 g/mol. The number of rotatable bonds is 9. The minimum absolute atomic E-state index is 0.179. The van der Waals surface area contributed by atoms with Crippen molar-refractivity contribution in [2.75, 3.05) is 30.4 Å². The molecule has 1 aliphatic carbocycles. The van der Waals surface area contributed by atoms with Gasteiger partial charge in [0.05, 0.1) is 17.5 Å². The summed E-state index contributed by atoms with van der Waals surface area (Å²) in [7, 11) is 2.03. The molecule has 3 rings (SSSR count). The van der Waals surface area contributed by atoms with Crippen molar-refractivity contribution in [3.05, 3.63) is 60.2 Å². The first kappa shape index (κ1) is 20.2. The van der Waals surface area contributed by atoms with Crippen LogP contribution in [0, 0.1) is 0 Å². The van der Waals surface area contributed by atoms with Crippen molar-refractivity contribution < 1.29 is 9.53 Å². The van der Waals surface area contributed by atoms with Crippen molar-refractivity contribution in [3.63, 3.8) is 0 Å². The number of hydrogen-bond donors (Lipinski definition) is 2. The van der Waals surface area contributed by atoms with E-state index in [1.165, 1.54) is 31.2 Å². The molecule has 0 heterocycles. The highest BCUT2D eigenvalue weighted by molar-refractivity contribution is 5.93. The van der Waals surface area contributed by atoms with Gasteiger partial charge >= 0.3 is 6.03 Å². The van der Waals surface area contributed by atoms with Crippen molar-refractivity contribution in [3.8, 4) is 0 Å². The van der Waals surface area contributed by atoms with E-state index in [9.17, 15) is 4.79 Å². The van der Waals surface area contributed by atoms with Gasteiger partial charge < -0.3 is 20.3 Å². The van der Waals surface area contributed by atoms with Crippen LogP contribution in [0.1, 0.15) is 37.7 Å². The number of benzene rings is 2. The average Bonchev–Trinajstić information content (AvgIpc) is 3.22. The lowest BCUT2D eigenvalue weighted by Crippen LogP contribution is -2.31. The Labute approximate surface area is 168 Å². The Morgan fingerprint density at radius 2 is 1.79 bits per heavy atom. The Hall–Kier alpha value is -2.53. The highest BCUT2D eigenvalue weighted by Crippen LogP contribution is 2.26. The van der Waals surface area contributed by atoms with Crippen LogP contribution >= 0.6 is 0 Å². The van der Waals surface area contributed by atoms with Crippen LogP contribution in [0.3, 0.4) is 0 Å². The molecule has 2 aromatic rings. The van der Waals surface area contributed by atoms with Crippen LogP contribution in [0.2, 0.25) is 0 Å². The monoisotopic (exact) mass is 381 g/mol. The number of amides is 2. The summed E-state index contributed by atoms with van der Waals surface area (Å²) in [6.45, 7) is 2.10. The lowest BCUT2D eigenvalue weighted by Gasteiger charge is -2.23. The standard InChI is InChI=1S/C23H31N3O2/c1-26(18-19-10-3-2-4-11-19)22-15-8-7-14-21(22)25-23(27)24-16-9-17-28-20-12-5-6-13-20/h2-4,7-8,10-11,14-15,20H,5-6,9,12-13,16-18H2,1H3,(H2,24,25,27). The maximum absolute atomic E-state index is 12.3. The van der Waals surface area contributed by atoms with Gasteiger partial charge in [-0.25, -0.2) is 4.79 Å². The zero-order chi connectivity index (χ0) is 19.6. The first-order chi connectivity index (χ1) is 13.7. The van der Waals surface area contributed by atoms with Crippen LogP contribution in [0.15, 0.2) is 54.6 Å². The topological polar surface area (TPSA) is 53.6 Å². The Kier molecular flexibility index (Phi) is 7.73. The predicted molar refractivity (Wildman–Crippen MR) is 115 cm³/mol. The largest absolute Gasteiger partial charge is 0.378 e. The number of carbonyl (C=O) groups excluding carboxylic acids is 1. The van der Waals surface area contributed by atoms with E-state index < -0.39 is 0 Å². The van der Waals surface area contributed by atoms with Crippen molar-refractivity contribution in [2.24, 2.45) is 0 Å². The van der Waals surface area contributed by atoms with E-state index in [1.54, 1.807) is 0 Å². The zero-order valence-electron chi connectivity index (χ0n) is 16.7. The molecule has 2 amide bonds. The van der Waals surface area contributed by atoms with E-state index in [-0.39, 0.29) is 6.03 Å². The molecule has 0 radical (unpaired) electrons. The van der Waals surface area contributed by atoms with E-state index >= 15 is 0 Å². The summed E-state index contributed by atoms with van der Waals surface area (Å²) in [5.41, 5.74) is 3.03. The van der Waals surface area contributed by atoms with Crippen LogP contribution < -0.4 is 15.5 Å². The Balaban J connectivity index is 1.45. The molecule has 1 saturated carbocycles. The summed E-state index contributed by atoms with van der Waals surface area (Å²) in [4.78, 5) is 14.4. The van der Waals surface area contributed by atoms with Gasteiger partial charge in [0.1, 0.15) is 0 Å². The van der Waals surface area contributed by atoms with E-state index in [4.69, 9.17) is 4.74 Å². The third kappa shape index (κ3) is 6.27. The lowest BCUT2D eigenvalue weighted by molar-refractivity contribution is 0.0572. The van der Waals surface area contributed by atoms with Crippen LogP contribution in [0.4, 0.5) is 16.2 Å². The Morgan fingerprint density at radius 3 is 2.57 bits per heavy atom. The quantitative estimate of drug-likeness (QED) is 0.614. The number of urea groups is 1. The fraction of sp³-hybridized carbons (Fsp3) is 0.435. The van der Waals surface area contributed by atoms with Gasteiger partial charge in [-0.05, 0) is 37.0 Å². The van der Waals surface area contributed by atoms with Gasteiger partial charge in [0.2, 0.25) is 0 Å². The van der Waals surface area contributed by atoms with Crippen molar-refractivity contribution in [2.45, 2.75) is 44.8 Å². The molecule has 1 aliphatic rings. The van der Waals surface area contributed by atoms with Crippen LogP contribution in [-0.2, 0) is 11.3 Å². The molecule has 150 valence electrons. The lowest BCUT2D eigenvalue weighted by atomic mass is 10.2. The molecule has 0 aliphatic heterocycles. The number of carbonyl (C=O) groups is 1. The fourth-order valence-corrected chi connectivity index (χ4v) is 3.60. The van der Waals surface area contributed by atoms with Gasteiger partial charge in [0.25, 0.3) is 0 Å². The first-order valence-corrected chi connectivity index (χ1v) is 10.2. The van der Waals surface area contributed by atoms with E-state index in [0.717, 1.165) is 24.3 Å². The fourth-order valence-electron chi connectivity index (χ4n) is 3.60. The molecule has 0 saturated heterocycles. The zero-order valence-corrected chi connectivity index (χ0v) is 16.7. The molecular weight excluding hydrogens is 350 g/mol. The second-order valence-electron chi connectivity index (χ2n) is 7.37. The Morgan fingerprint density at radius 1 is 1.07 bits per heavy atom. The van der Waals surface area contributed by atoms with Gasteiger partial charge in [0, 0.05) is 26.7 Å². The molecule has 0 atom stereocenters.